The minimum Gasteiger partial charge on any atom is -0.273 e. The molecule has 1 N–H and O–H groups in total. The van der Waals surface area contributed by atoms with Gasteiger partial charge in [-0.2, -0.15) is 13.2 Å². The second-order valence-corrected chi connectivity index (χ2v) is 10.2. The predicted octanol–water partition coefficient (Wildman–Crippen LogP) is 5.94. The van der Waals surface area contributed by atoms with Crippen molar-refractivity contribution in [1.29, 1.82) is 0 Å². The summed E-state index contributed by atoms with van der Waals surface area (Å²) in [5.74, 6) is 0. The van der Waals surface area contributed by atoms with Crippen LogP contribution in [0.3, 0.4) is 0 Å². The Kier molecular flexibility index (Phi) is 8.20. The highest BCUT2D eigenvalue weighted by atomic mass is 32.2. The number of halogens is 3. The standard InChI is InChI=1S/C19H31F3N4OS/c1-12(2)26(13(3)4)25-23-17-15(10-9-11-16(17)19(20,21)22)14(5)24-28(27)18(6,7)8/h9-14,24H,1-8H3. The van der Waals surface area contributed by atoms with E-state index in [1.807, 2.05) is 27.7 Å². The molecule has 28 heavy (non-hydrogen) atoms. The normalized spacial score (nSPS) is 15.5. The largest absolute Gasteiger partial charge is 0.418 e. The fourth-order valence-electron chi connectivity index (χ4n) is 2.55. The third-order valence-electron chi connectivity index (χ3n) is 3.99. The molecule has 0 radical (unpaired) electrons. The number of hydrogen-bond acceptors (Lipinski definition) is 3. The van der Waals surface area contributed by atoms with Gasteiger partial charge in [0, 0.05) is 18.1 Å². The number of nitrogens with zero attached hydrogens (tertiary/aromatic N) is 3. The molecule has 0 fully saturated rings. The SMILES string of the molecule is CC(NS(=O)C(C)(C)C)c1cccc(C(F)(F)F)c1N=NN(C(C)C)C(C)C. The van der Waals surface area contributed by atoms with E-state index in [-0.39, 0.29) is 17.8 Å². The van der Waals surface area contributed by atoms with Crippen LogP contribution in [0.25, 0.3) is 0 Å². The summed E-state index contributed by atoms with van der Waals surface area (Å²) >= 11 is 0. The molecule has 0 aliphatic carbocycles. The fourth-order valence-corrected chi connectivity index (χ4v) is 3.35. The zero-order valence-electron chi connectivity index (χ0n) is 17.8. The lowest BCUT2D eigenvalue weighted by Crippen LogP contribution is -2.35. The van der Waals surface area contributed by atoms with Crippen molar-refractivity contribution in [3.05, 3.63) is 29.3 Å². The van der Waals surface area contributed by atoms with Gasteiger partial charge in [0.25, 0.3) is 0 Å². The van der Waals surface area contributed by atoms with Crippen LogP contribution in [-0.2, 0) is 17.2 Å². The Morgan fingerprint density at radius 2 is 1.57 bits per heavy atom. The number of benzene rings is 1. The van der Waals surface area contributed by atoms with E-state index in [4.69, 9.17) is 0 Å². The van der Waals surface area contributed by atoms with Crippen LogP contribution in [-0.4, -0.2) is 26.0 Å². The molecule has 0 bridgehead atoms. The summed E-state index contributed by atoms with van der Waals surface area (Å²) in [6.45, 7) is 14.6. The third kappa shape index (κ3) is 6.55. The molecule has 0 aliphatic heterocycles. The van der Waals surface area contributed by atoms with E-state index in [9.17, 15) is 17.4 Å². The van der Waals surface area contributed by atoms with E-state index in [2.05, 4.69) is 15.1 Å². The summed E-state index contributed by atoms with van der Waals surface area (Å²) in [5, 5.41) is 9.73. The van der Waals surface area contributed by atoms with Crippen molar-refractivity contribution < 1.29 is 17.4 Å². The van der Waals surface area contributed by atoms with Crippen LogP contribution in [0, 0.1) is 0 Å². The summed E-state index contributed by atoms with van der Waals surface area (Å²) in [6.07, 6.45) is -4.58. The molecule has 0 amide bonds. The van der Waals surface area contributed by atoms with Crippen molar-refractivity contribution in [2.24, 2.45) is 10.3 Å². The maximum Gasteiger partial charge on any atom is 0.418 e. The topological polar surface area (TPSA) is 57.1 Å². The molecule has 0 saturated heterocycles. The molecule has 1 aromatic rings. The second kappa shape index (κ2) is 9.35. The molecule has 0 heterocycles. The molecule has 0 aliphatic rings. The van der Waals surface area contributed by atoms with Gasteiger partial charge in [0.15, 0.2) is 0 Å². The Morgan fingerprint density at radius 1 is 1.04 bits per heavy atom. The lowest BCUT2D eigenvalue weighted by Gasteiger charge is -2.26. The van der Waals surface area contributed by atoms with Crippen molar-refractivity contribution in [1.82, 2.24) is 9.73 Å². The lowest BCUT2D eigenvalue weighted by molar-refractivity contribution is -0.137. The number of nitrogens with one attached hydrogen (secondary N) is 1. The van der Waals surface area contributed by atoms with Crippen molar-refractivity contribution in [2.75, 3.05) is 0 Å². The van der Waals surface area contributed by atoms with Gasteiger partial charge < -0.3 is 0 Å². The Bertz CT molecular complexity index is 704. The summed E-state index contributed by atoms with van der Waals surface area (Å²) in [4.78, 5) is 0. The van der Waals surface area contributed by atoms with Crippen LogP contribution in [0.15, 0.2) is 28.5 Å². The van der Waals surface area contributed by atoms with Gasteiger partial charge in [0.1, 0.15) is 5.69 Å². The van der Waals surface area contributed by atoms with Gasteiger partial charge in [0.05, 0.1) is 21.3 Å². The Labute approximate surface area is 168 Å². The van der Waals surface area contributed by atoms with Crippen molar-refractivity contribution in [3.63, 3.8) is 0 Å². The second-order valence-electron chi connectivity index (χ2n) is 8.22. The van der Waals surface area contributed by atoms with Gasteiger partial charge in [-0.3, -0.25) is 5.01 Å². The van der Waals surface area contributed by atoms with E-state index >= 15 is 0 Å². The van der Waals surface area contributed by atoms with Gasteiger partial charge in [-0.15, -0.1) is 5.11 Å². The molecule has 2 atom stereocenters. The molecule has 0 aromatic heterocycles. The van der Waals surface area contributed by atoms with Crippen LogP contribution in [0.4, 0.5) is 18.9 Å². The van der Waals surface area contributed by atoms with Gasteiger partial charge in [0.2, 0.25) is 0 Å². The highest BCUT2D eigenvalue weighted by Gasteiger charge is 2.36. The average molecular weight is 421 g/mol. The van der Waals surface area contributed by atoms with E-state index in [0.717, 1.165) is 6.07 Å². The zero-order valence-corrected chi connectivity index (χ0v) is 18.6. The number of hydrogen-bond donors (Lipinski definition) is 1. The van der Waals surface area contributed by atoms with Gasteiger partial charge in [-0.25, -0.2) is 8.93 Å². The summed E-state index contributed by atoms with van der Waals surface area (Å²) in [7, 11) is -1.45. The fraction of sp³-hybridized carbons (Fsp3) is 0.684. The molecule has 160 valence electrons. The first-order valence-corrected chi connectivity index (χ1v) is 10.4. The van der Waals surface area contributed by atoms with Gasteiger partial charge in [-0.1, -0.05) is 17.4 Å². The van der Waals surface area contributed by atoms with Crippen LogP contribution >= 0.6 is 0 Å². The van der Waals surface area contributed by atoms with Crippen LogP contribution < -0.4 is 4.72 Å². The van der Waals surface area contributed by atoms with Gasteiger partial charge in [-0.05, 0) is 67.0 Å². The van der Waals surface area contributed by atoms with E-state index in [1.165, 1.54) is 6.07 Å². The van der Waals surface area contributed by atoms with Crippen LogP contribution in [0.2, 0.25) is 0 Å². The van der Waals surface area contributed by atoms with E-state index < -0.39 is 33.5 Å². The van der Waals surface area contributed by atoms with Crippen LogP contribution in [0.1, 0.15) is 72.6 Å². The maximum atomic E-state index is 13.6. The van der Waals surface area contributed by atoms with E-state index in [0.29, 0.717) is 5.56 Å². The lowest BCUT2D eigenvalue weighted by atomic mass is 10.0. The van der Waals surface area contributed by atoms with E-state index in [1.54, 1.807) is 38.8 Å². The number of rotatable bonds is 7. The highest BCUT2D eigenvalue weighted by Crippen LogP contribution is 2.40. The molecule has 0 saturated carbocycles. The quantitative estimate of drug-likeness (QED) is 0.439. The molecule has 9 heteroatoms. The molecule has 1 aromatic carbocycles. The van der Waals surface area contributed by atoms with Crippen molar-refractivity contribution >= 4 is 16.7 Å². The summed E-state index contributed by atoms with van der Waals surface area (Å²) in [6, 6.07) is 3.22. The molecule has 5 nitrogen and oxygen atoms in total. The average Bonchev–Trinajstić information content (AvgIpc) is 2.52. The summed E-state index contributed by atoms with van der Waals surface area (Å²) in [5.41, 5.74) is -0.827. The molecule has 0 spiro atoms. The number of alkyl halides is 3. The van der Waals surface area contributed by atoms with Crippen molar-refractivity contribution in [3.8, 4) is 0 Å². The van der Waals surface area contributed by atoms with Crippen molar-refractivity contribution in [2.45, 2.75) is 84.4 Å². The smallest absolute Gasteiger partial charge is 0.273 e. The predicted molar refractivity (Wildman–Crippen MR) is 108 cm³/mol. The third-order valence-corrected chi connectivity index (χ3v) is 5.67. The zero-order chi connectivity index (χ0) is 21.9. The molecule has 1 rings (SSSR count). The first kappa shape index (κ1) is 24.6. The molecular formula is C19H31F3N4OS. The minimum absolute atomic E-state index is 0.0193. The first-order valence-electron chi connectivity index (χ1n) is 9.24. The van der Waals surface area contributed by atoms with Crippen LogP contribution in [0.5, 0.6) is 0 Å². The maximum absolute atomic E-state index is 13.6. The molecule has 2 unspecified atom stereocenters. The van der Waals surface area contributed by atoms with Gasteiger partial charge >= 0.3 is 6.18 Å². The Hall–Kier alpha value is -1.48. The minimum atomic E-state index is -4.58. The Balaban J connectivity index is 3.44. The summed E-state index contributed by atoms with van der Waals surface area (Å²) < 4.78 is 55.5. The first-order chi connectivity index (χ1) is 12.7. The Morgan fingerprint density at radius 3 is 2.00 bits per heavy atom. The monoisotopic (exact) mass is 420 g/mol. The highest BCUT2D eigenvalue weighted by molar-refractivity contribution is 7.84. The molecular weight excluding hydrogens is 389 g/mol.